The van der Waals surface area contributed by atoms with Gasteiger partial charge in [-0.25, -0.2) is 0 Å². The third kappa shape index (κ3) is 2.80. The number of benzene rings is 2. The van der Waals surface area contributed by atoms with Crippen molar-refractivity contribution in [3.63, 3.8) is 0 Å². The Bertz CT molecular complexity index is 881. The molecule has 2 aromatic rings. The average molecular weight is 305 g/mol. The monoisotopic (exact) mass is 305 g/mol. The van der Waals surface area contributed by atoms with Crippen LogP contribution in [-0.2, 0) is 4.79 Å². The van der Waals surface area contributed by atoms with E-state index >= 15 is 0 Å². The average Bonchev–Trinajstić information content (AvgIpc) is 2.82. The Morgan fingerprint density at radius 3 is 2.57 bits per heavy atom. The van der Waals surface area contributed by atoms with Crippen LogP contribution >= 0.6 is 0 Å². The van der Waals surface area contributed by atoms with Gasteiger partial charge in [-0.1, -0.05) is 18.2 Å². The third-order valence-corrected chi connectivity index (χ3v) is 3.46. The number of fused-ring (bicyclic) bond motifs is 1. The number of imide groups is 1. The Morgan fingerprint density at radius 2 is 1.78 bits per heavy atom. The molecule has 0 fully saturated rings. The van der Waals surface area contributed by atoms with Crippen LogP contribution in [0.15, 0.2) is 42.5 Å². The molecule has 0 unspecified atom stereocenters. The minimum Gasteiger partial charge on any atom is -0.325 e. The second kappa shape index (κ2) is 5.73. The molecule has 112 valence electrons. The van der Waals surface area contributed by atoms with Gasteiger partial charge in [0, 0.05) is 5.69 Å². The molecular weight excluding hydrogens is 294 g/mol. The van der Waals surface area contributed by atoms with E-state index in [4.69, 9.17) is 5.26 Å². The van der Waals surface area contributed by atoms with Gasteiger partial charge in [0.2, 0.25) is 5.91 Å². The van der Waals surface area contributed by atoms with E-state index in [9.17, 15) is 14.4 Å². The highest BCUT2D eigenvalue weighted by atomic mass is 16.2. The van der Waals surface area contributed by atoms with E-state index in [2.05, 4.69) is 10.6 Å². The van der Waals surface area contributed by atoms with E-state index in [-0.39, 0.29) is 12.3 Å². The van der Waals surface area contributed by atoms with Crippen molar-refractivity contribution >= 4 is 23.4 Å². The van der Waals surface area contributed by atoms with Crippen LogP contribution in [0.3, 0.4) is 0 Å². The quantitative estimate of drug-likeness (QED) is 0.848. The molecule has 3 rings (SSSR count). The van der Waals surface area contributed by atoms with Crippen LogP contribution in [0.25, 0.3) is 11.1 Å². The van der Waals surface area contributed by atoms with Crippen molar-refractivity contribution in [2.75, 3.05) is 5.32 Å². The van der Waals surface area contributed by atoms with Gasteiger partial charge in [-0.2, -0.15) is 5.26 Å². The minimum absolute atomic E-state index is 0.217. The normalized spacial score (nSPS) is 12.3. The van der Waals surface area contributed by atoms with Crippen LogP contribution in [0.1, 0.15) is 27.1 Å². The van der Waals surface area contributed by atoms with Crippen molar-refractivity contribution in [2.24, 2.45) is 0 Å². The van der Waals surface area contributed by atoms with Gasteiger partial charge in [0.25, 0.3) is 11.8 Å². The van der Waals surface area contributed by atoms with Crippen molar-refractivity contribution in [1.29, 1.82) is 5.26 Å². The smallest absolute Gasteiger partial charge is 0.258 e. The molecule has 0 aliphatic carbocycles. The van der Waals surface area contributed by atoms with E-state index in [1.165, 1.54) is 0 Å². The third-order valence-electron chi connectivity index (χ3n) is 3.46. The van der Waals surface area contributed by atoms with E-state index in [1.54, 1.807) is 42.5 Å². The molecule has 0 saturated heterocycles. The van der Waals surface area contributed by atoms with Crippen molar-refractivity contribution in [1.82, 2.24) is 5.32 Å². The number of anilines is 1. The Kier molecular flexibility index (Phi) is 3.61. The van der Waals surface area contributed by atoms with Crippen molar-refractivity contribution in [3.8, 4) is 17.2 Å². The molecule has 6 heteroatoms. The van der Waals surface area contributed by atoms with Crippen LogP contribution in [0.5, 0.6) is 0 Å². The summed E-state index contributed by atoms with van der Waals surface area (Å²) in [5, 5.41) is 13.4. The summed E-state index contributed by atoms with van der Waals surface area (Å²) in [4.78, 5) is 34.7. The number of nitrogens with one attached hydrogen (secondary N) is 2. The maximum absolute atomic E-state index is 11.7. The van der Waals surface area contributed by atoms with E-state index in [0.717, 1.165) is 11.1 Å². The molecule has 0 bridgehead atoms. The predicted molar refractivity (Wildman–Crippen MR) is 82.5 cm³/mol. The summed E-state index contributed by atoms with van der Waals surface area (Å²) >= 11 is 0. The first kappa shape index (κ1) is 14.5. The second-order valence-electron chi connectivity index (χ2n) is 5.01. The first-order valence-electron chi connectivity index (χ1n) is 6.85. The number of nitriles is 1. The lowest BCUT2D eigenvalue weighted by atomic mass is 10.00. The summed E-state index contributed by atoms with van der Waals surface area (Å²) in [6, 6.07) is 13.8. The summed E-state index contributed by atoms with van der Waals surface area (Å²) in [7, 11) is 0. The van der Waals surface area contributed by atoms with Gasteiger partial charge in [-0.3, -0.25) is 19.7 Å². The summed E-state index contributed by atoms with van der Waals surface area (Å²) in [5.74, 6) is -1.19. The first-order chi connectivity index (χ1) is 11.1. The van der Waals surface area contributed by atoms with Gasteiger partial charge >= 0.3 is 0 Å². The van der Waals surface area contributed by atoms with Crippen LogP contribution in [-0.4, -0.2) is 17.7 Å². The summed E-state index contributed by atoms with van der Waals surface area (Å²) in [6.07, 6.45) is -0.217. The number of rotatable bonds is 3. The maximum Gasteiger partial charge on any atom is 0.258 e. The van der Waals surface area contributed by atoms with Gasteiger partial charge in [0.1, 0.15) is 6.42 Å². The highest BCUT2D eigenvalue weighted by Crippen LogP contribution is 2.27. The zero-order chi connectivity index (χ0) is 16.4. The first-order valence-corrected chi connectivity index (χ1v) is 6.85. The molecule has 3 amide bonds. The topological polar surface area (TPSA) is 99.1 Å². The minimum atomic E-state index is -0.412. The van der Waals surface area contributed by atoms with Crippen molar-refractivity contribution < 1.29 is 14.4 Å². The maximum atomic E-state index is 11.7. The van der Waals surface area contributed by atoms with Gasteiger partial charge in [0.05, 0.1) is 17.2 Å². The fraction of sp³-hybridized carbons (Fsp3) is 0.0588. The number of carbonyl (C=O) groups excluding carboxylic acids is 3. The fourth-order valence-electron chi connectivity index (χ4n) is 2.40. The number of amides is 3. The summed E-state index contributed by atoms with van der Waals surface area (Å²) in [5.41, 5.74) is 2.80. The highest BCUT2D eigenvalue weighted by molar-refractivity contribution is 6.21. The lowest BCUT2D eigenvalue weighted by Crippen LogP contribution is -2.19. The van der Waals surface area contributed by atoms with Gasteiger partial charge < -0.3 is 5.32 Å². The van der Waals surface area contributed by atoms with Crippen LogP contribution in [0.4, 0.5) is 5.69 Å². The summed E-state index contributed by atoms with van der Waals surface area (Å²) < 4.78 is 0. The SMILES string of the molecule is N#CCC(=O)Nc1cccc(-c2ccc3c(c2)C(=O)NC3=O)c1. The molecular formula is C17H11N3O3. The molecule has 0 atom stereocenters. The van der Waals surface area contributed by atoms with E-state index in [1.807, 2.05) is 6.07 Å². The largest absolute Gasteiger partial charge is 0.325 e. The highest BCUT2D eigenvalue weighted by Gasteiger charge is 2.26. The Hall–Kier alpha value is -3.46. The molecule has 23 heavy (non-hydrogen) atoms. The molecule has 1 aliphatic heterocycles. The lowest BCUT2D eigenvalue weighted by molar-refractivity contribution is -0.115. The molecule has 6 nitrogen and oxygen atoms in total. The number of carbonyl (C=O) groups is 3. The van der Waals surface area contributed by atoms with Crippen LogP contribution < -0.4 is 10.6 Å². The zero-order valence-electron chi connectivity index (χ0n) is 11.9. The van der Waals surface area contributed by atoms with Gasteiger partial charge in [-0.05, 0) is 35.4 Å². The fourth-order valence-corrected chi connectivity index (χ4v) is 2.40. The zero-order valence-corrected chi connectivity index (χ0v) is 11.9. The molecule has 2 aromatic carbocycles. The molecule has 0 aromatic heterocycles. The van der Waals surface area contributed by atoms with Gasteiger partial charge in [0.15, 0.2) is 0 Å². The lowest BCUT2D eigenvalue weighted by Gasteiger charge is -2.07. The number of hydrogen-bond donors (Lipinski definition) is 2. The molecule has 2 N–H and O–H groups in total. The van der Waals surface area contributed by atoms with Crippen molar-refractivity contribution in [2.45, 2.75) is 6.42 Å². The number of hydrogen-bond acceptors (Lipinski definition) is 4. The van der Waals surface area contributed by atoms with E-state index in [0.29, 0.717) is 16.8 Å². The second-order valence-corrected chi connectivity index (χ2v) is 5.01. The van der Waals surface area contributed by atoms with Crippen LogP contribution in [0.2, 0.25) is 0 Å². The van der Waals surface area contributed by atoms with E-state index < -0.39 is 11.8 Å². The summed E-state index contributed by atoms with van der Waals surface area (Å²) in [6.45, 7) is 0. The van der Waals surface area contributed by atoms with Gasteiger partial charge in [-0.15, -0.1) is 0 Å². The standard InChI is InChI=1S/C17H11N3O3/c18-7-6-15(21)19-12-3-1-2-10(8-12)11-4-5-13-14(9-11)17(23)20-16(13)22/h1-5,8-9H,6H2,(H,19,21)(H,20,22,23). The Morgan fingerprint density at radius 1 is 1.04 bits per heavy atom. The Balaban J connectivity index is 1.93. The van der Waals surface area contributed by atoms with Crippen LogP contribution in [0, 0.1) is 11.3 Å². The molecule has 1 aliphatic rings. The number of nitrogens with zero attached hydrogens (tertiary/aromatic N) is 1. The molecule has 0 saturated carbocycles. The molecule has 0 spiro atoms. The molecule has 0 radical (unpaired) electrons. The molecule has 1 heterocycles. The Labute approximate surface area is 131 Å². The van der Waals surface area contributed by atoms with Crippen molar-refractivity contribution in [3.05, 3.63) is 53.6 Å². The predicted octanol–water partition coefficient (Wildman–Crippen LogP) is 2.09.